The van der Waals surface area contributed by atoms with Gasteiger partial charge in [-0.2, -0.15) is 0 Å². The van der Waals surface area contributed by atoms with Crippen LogP contribution < -0.4 is 20.5 Å². The highest BCUT2D eigenvalue weighted by atomic mass is 16.5. The van der Waals surface area contributed by atoms with E-state index in [4.69, 9.17) is 15.2 Å². The lowest BCUT2D eigenvalue weighted by Crippen LogP contribution is -2.52. The Morgan fingerprint density at radius 2 is 1.75 bits per heavy atom. The Bertz CT molecular complexity index is 672. The standard InChI is InChI=1S/C21H33N3O4/c1-5-21(6-2,14-22)20(26)23-16-9-11-24(12-10-16)19(25)15-7-8-17(27-3)18(13-15)28-4/h7-8,13,16H,5-6,9-12,14,22H2,1-4H3,(H,23,26). The summed E-state index contributed by atoms with van der Waals surface area (Å²) in [4.78, 5) is 27.3. The molecule has 0 atom stereocenters. The lowest BCUT2D eigenvalue weighted by Gasteiger charge is -2.35. The van der Waals surface area contributed by atoms with Gasteiger partial charge in [-0.25, -0.2) is 0 Å². The summed E-state index contributed by atoms with van der Waals surface area (Å²) in [5, 5.41) is 3.15. The molecule has 0 aliphatic carbocycles. The fourth-order valence-electron chi connectivity index (χ4n) is 3.67. The van der Waals surface area contributed by atoms with E-state index in [0.29, 0.717) is 36.7 Å². The van der Waals surface area contributed by atoms with Gasteiger partial charge in [0.2, 0.25) is 5.91 Å². The number of rotatable bonds is 8. The fourth-order valence-corrected chi connectivity index (χ4v) is 3.67. The molecule has 0 unspecified atom stereocenters. The van der Waals surface area contributed by atoms with Crippen molar-refractivity contribution in [3.8, 4) is 11.5 Å². The first-order valence-electron chi connectivity index (χ1n) is 9.97. The molecule has 28 heavy (non-hydrogen) atoms. The van der Waals surface area contributed by atoms with E-state index < -0.39 is 5.41 Å². The predicted molar refractivity (Wildman–Crippen MR) is 109 cm³/mol. The molecule has 1 fully saturated rings. The molecule has 0 saturated carbocycles. The van der Waals surface area contributed by atoms with Crippen molar-refractivity contribution in [1.82, 2.24) is 10.2 Å². The van der Waals surface area contributed by atoms with Crippen LogP contribution in [0.3, 0.4) is 0 Å². The Balaban J connectivity index is 1.96. The number of ether oxygens (including phenoxy) is 2. The van der Waals surface area contributed by atoms with Crippen LogP contribution in [0.5, 0.6) is 11.5 Å². The average Bonchev–Trinajstić information content (AvgIpc) is 2.75. The third-order valence-corrected chi connectivity index (χ3v) is 5.97. The van der Waals surface area contributed by atoms with Gasteiger partial charge < -0.3 is 25.4 Å². The monoisotopic (exact) mass is 391 g/mol. The first-order chi connectivity index (χ1) is 13.4. The molecule has 0 aromatic heterocycles. The van der Waals surface area contributed by atoms with E-state index >= 15 is 0 Å². The van der Waals surface area contributed by atoms with Crippen molar-refractivity contribution >= 4 is 11.8 Å². The second-order valence-corrected chi connectivity index (χ2v) is 7.30. The van der Waals surface area contributed by atoms with Gasteiger partial charge in [0.15, 0.2) is 11.5 Å². The molecule has 156 valence electrons. The maximum absolute atomic E-state index is 12.8. The summed E-state index contributed by atoms with van der Waals surface area (Å²) in [6.45, 7) is 5.56. The number of nitrogens with two attached hydrogens (primary N) is 1. The largest absolute Gasteiger partial charge is 0.493 e. The van der Waals surface area contributed by atoms with Gasteiger partial charge in [0.05, 0.1) is 19.6 Å². The Morgan fingerprint density at radius 3 is 2.25 bits per heavy atom. The van der Waals surface area contributed by atoms with Crippen molar-refractivity contribution in [2.24, 2.45) is 11.1 Å². The molecule has 0 bridgehead atoms. The fraction of sp³-hybridized carbons (Fsp3) is 0.619. The second kappa shape index (κ2) is 9.78. The van der Waals surface area contributed by atoms with Crippen molar-refractivity contribution < 1.29 is 19.1 Å². The highest BCUT2D eigenvalue weighted by molar-refractivity contribution is 5.95. The van der Waals surface area contributed by atoms with Gasteiger partial charge in [0.1, 0.15) is 0 Å². The topological polar surface area (TPSA) is 93.9 Å². The zero-order valence-corrected chi connectivity index (χ0v) is 17.4. The van der Waals surface area contributed by atoms with Crippen LogP contribution in [0.1, 0.15) is 49.9 Å². The molecule has 1 aliphatic rings. The van der Waals surface area contributed by atoms with Crippen molar-refractivity contribution in [3.63, 3.8) is 0 Å². The summed E-state index contributed by atoms with van der Waals surface area (Å²) < 4.78 is 10.5. The van der Waals surface area contributed by atoms with Gasteiger partial charge in [-0.15, -0.1) is 0 Å². The molecule has 1 aliphatic heterocycles. The van der Waals surface area contributed by atoms with E-state index in [1.54, 1.807) is 32.4 Å². The number of carbonyl (C=O) groups is 2. The van der Waals surface area contributed by atoms with Crippen LogP contribution in [0.4, 0.5) is 0 Å². The van der Waals surface area contributed by atoms with Crippen LogP contribution in [0, 0.1) is 5.41 Å². The van der Waals surface area contributed by atoms with Crippen LogP contribution >= 0.6 is 0 Å². The maximum Gasteiger partial charge on any atom is 0.253 e. The highest BCUT2D eigenvalue weighted by Crippen LogP contribution is 2.29. The van der Waals surface area contributed by atoms with Crippen LogP contribution in [0.25, 0.3) is 0 Å². The maximum atomic E-state index is 12.8. The Morgan fingerprint density at radius 1 is 1.14 bits per heavy atom. The predicted octanol–water partition coefficient (Wildman–Crippen LogP) is 2.19. The molecular weight excluding hydrogens is 358 g/mol. The van der Waals surface area contributed by atoms with Crippen LogP contribution in [-0.4, -0.2) is 56.6 Å². The van der Waals surface area contributed by atoms with Crippen molar-refractivity contribution in [2.45, 2.75) is 45.6 Å². The van der Waals surface area contributed by atoms with Crippen molar-refractivity contribution in [3.05, 3.63) is 23.8 Å². The third-order valence-electron chi connectivity index (χ3n) is 5.97. The summed E-state index contributed by atoms with van der Waals surface area (Å²) in [6.07, 6.45) is 2.92. The van der Waals surface area contributed by atoms with Crippen molar-refractivity contribution in [1.29, 1.82) is 0 Å². The van der Waals surface area contributed by atoms with Gasteiger partial charge in [0.25, 0.3) is 5.91 Å². The normalized spacial score (nSPS) is 15.2. The van der Waals surface area contributed by atoms with E-state index in [1.807, 2.05) is 18.7 Å². The van der Waals surface area contributed by atoms with Gasteiger partial charge in [-0.05, 0) is 43.9 Å². The summed E-state index contributed by atoms with van der Waals surface area (Å²) in [7, 11) is 3.11. The number of benzene rings is 1. The Hall–Kier alpha value is -2.28. The average molecular weight is 392 g/mol. The first-order valence-corrected chi connectivity index (χ1v) is 9.97. The first kappa shape index (κ1) is 22.0. The third kappa shape index (κ3) is 4.58. The number of likely N-dealkylation sites (tertiary alicyclic amines) is 1. The Labute approximate surface area is 167 Å². The molecule has 0 radical (unpaired) electrons. The summed E-state index contributed by atoms with van der Waals surface area (Å²) in [5.74, 6) is 1.12. The number of hydrogen-bond acceptors (Lipinski definition) is 5. The number of nitrogens with one attached hydrogen (secondary N) is 1. The number of hydrogen-bond donors (Lipinski definition) is 2. The lowest BCUT2D eigenvalue weighted by atomic mass is 9.81. The van der Waals surface area contributed by atoms with Crippen LogP contribution in [-0.2, 0) is 4.79 Å². The SMILES string of the molecule is CCC(CC)(CN)C(=O)NC1CCN(C(=O)c2ccc(OC)c(OC)c2)CC1. The molecule has 7 heteroatoms. The van der Waals surface area contributed by atoms with E-state index in [9.17, 15) is 9.59 Å². The summed E-state index contributed by atoms with van der Waals surface area (Å²) >= 11 is 0. The van der Waals surface area contributed by atoms with E-state index in [-0.39, 0.29) is 17.9 Å². The van der Waals surface area contributed by atoms with Gasteiger partial charge >= 0.3 is 0 Å². The Kier molecular flexibility index (Phi) is 7.69. The van der Waals surface area contributed by atoms with Crippen LogP contribution in [0.15, 0.2) is 18.2 Å². The molecule has 1 aromatic rings. The highest BCUT2D eigenvalue weighted by Gasteiger charge is 2.35. The minimum absolute atomic E-state index is 0.0321. The number of amides is 2. The van der Waals surface area contributed by atoms with E-state index in [0.717, 1.165) is 25.7 Å². The minimum Gasteiger partial charge on any atom is -0.493 e. The zero-order valence-electron chi connectivity index (χ0n) is 17.4. The molecule has 1 saturated heterocycles. The zero-order chi connectivity index (χ0) is 20.7. The smallest absolute Gasteiger partial charge is 0.253 e. The quantitative estimate of drug-likeness (QED) is 0.708. The van der Waals surface area contributed by atoms with Crippen molar-refractivity contribution in [2.75, 3.05) is 33.9 Å². The van der Waals surface area contributed by atoms with Gasteiger partial charge in [-0.1, -0.05) is 13.8 Å². The summed E-state index contributed by atoms with van der Waals surface area (Å²) in [6, 6.07) is 5.26. The number of carbonyl (C=O) groups excluding carboxylic acids is 2. The second-order valence-electron chi connectivity index (χ2n) is 7.30. The molecular formula is C21H33N3O4. The molecule has 0 spiro atoms. The molecule has 1 heterocycles. The molecule has 2 rings (SSSR count). The van der Waals surface area contributed by atoms with Crippen LogP contribution in [0.2, 0.25) is 0 Å². The number of nitrogens with zero attached hydrogens (tertiary/aromatic N) is 1. The summed E-state index contributed by atoms with van der Waals surface area (Å²) in [5.41, 5.74) is 5.95. The molecule has 1 aromatic carbocycles. The lowest BCUT2D eigenvalue weighted by molar-refractivity contribution is -0.132. The minimum atomic E-state index is -0.493. The van der Waals surface area contributed by atoms with E-state index in [2.05, 4.69) is 5.32 Å². The number of methoxy groups -OCH3 is 2. The van der Waals surface area contributed by atoms with Gasteiger partial charge in [0, 0.05) is 31.2 Å². The molecule has 7 nitrogen and oxygen atoms in total. The number of piperidine rings is 1. The molecule has 3 N–H and O–H groups in total. The molecule has 2 amide bonds. The van der Waals surface area contributed by atoms with Gasteiger partial charge in [-0.3, -0.25) is 9.59 Å². The van der Waals surface area contributed by atoms with E-state index in [1.165, 1.54) is 0 Å².